The van der Waals surface area contributed by atoms with Crippen LogP contribution in [0.15, 0.2) is 42.6 Å². The van der Waals surface area contributed by atoms with E-state index >= 15 is 0 Å². The summed E-state index contributed by atoms with van der Waals surface area (Å²) in [7, 11) is 0. The normalized spacial score (nSPS) is 22.0. The molecule has 0 bridgehead atoms. The number of nitrogens with zero attached hydrogens (tertiary/aromatic N) is 2. The van der Waals surface area contributed by atoms with Crippen LogP contribution in [0.2, 0.25) is 0 Å². The summed E-state index contributed by atoms with van der Waals surface area (Å²) in [6.07, 6.45) is 3.89. The zero-order valence-electron chi connectivity index (χ0n) is 15.8. The maximum absolute atomic E-state index is 13.2. The topological polar surface area (TPSA) is 65.5 Å². The number of benzene rings is 1. The Labute approximate surface area is 160 Å². The van der Waals surface area contributed by atoms with E-state index in [1.165, 1.54) is 0 Å². The lowest BCUT2D eigenvalue weighted by Gasteiger charge is -2.38. The average Bonchev–Trinajstić information content (AvgIpc) is 3.23. The molecule has 27 heavy (non-hydrogen) atoms. The van der Waals surface area contributed by atoms with Crippen molar-refractivity contribution in [3.8, 4) is 0 Å². The number of aryl methyl sites for hydroxylation is 1. The summed E-state index contributed by atoms with van der Waals surface area (Å²) in [6, 6.07) is 11.9. The fraction of sp³-hybridized carbons (Fsp3) is 0.455. The number of aromatic nitrogens is 1. The number of piperidine rings is 1. The van der Waals surface area contributed by atoms with Crippen molar-refractivity contribution in [3.05, 3.63) is 65.0 Å². The van der Waals surface area contributed by atoms with Gasteiger partial charge in [-0.05, 0) is 61.9 Å². The summed E-state index contributed by atoms with van der Waals surface area (Å²) in [4.78, 5) is 19.5. The van der Waals surface area contributed by atoms with Gasteiger partial charge in [0.15, 0.2) is 0 Å². The minimum Gasteiger partial charge on any atom is -0.383 e. The molecule has 1 aromatic carbocycles. The standard InChI is InChI=1S/C22H27N3O2/c1-16-6-7-20(24-14-16)22(27)9-12-25(13-10-22)21(26)19-5-3-2-4-18(19)17-8-11-23-15-17/h2-7,14,17,23,27H,8-13,15H2,1H3/t17-/m1/s1. The van der Waals surface area contributed by atoms with Crippen LogP contribution < -0.4 is 5.32 Å². The molecule has 0 radical (unpaired) electrons. The first kappa shape index (κ1) is 18.1. The first-order valence-electron chi connectivity index (χ1n) is 9.81. The van der Waals surface area contributed by atoms with Crippen LogP contribution in [0.25, 0.3) is 0 Å². The molecule has 1 atom stereocenters. The molecule has 0 spiro atoms. The Kier molecular flexibility index (Phi) is 4.98. The first-order valence-corrected chi connectivity index (χ1v) is 9.81. The average molecular weight is 365 g/mol. The lowest BCUT2D eigenvalue weighted by Crippen LogP contribution is -2.45. The van der Waals surface area contributed by atoms with Gasteiger partial charge in [0, 0.05) is 31.4 Å². The fourth-order valence-corrected chi connectivity index (χ4v) is 4.22. The minimum absolute atomic E-state index is 0.0800. The molecular weight excluding hydrogens is 338 g/mol. The van der Waals surface area contributed by atoms with Gasteiger partial charge in [-0.2, -0.15) is 0 Å². The lowest BCUT2D eigenvalue weighted by molar-refractivity contribution is -0.0244. The van der Waals surface area contributed by atoms with Crippen LogP contribution in [0.1, 0.15) is 52.4 Å². The van der Waals surface area contributed by atoms with Crippen LogP contribution in [0, 0.1) is 6.92 Å². The molecule has 4 rings (SSSR count). The van der Waals surface area contributed by atoms with E-state index in [4.69, 9.17) is 0 Å². The molecule has 5 nitrogen and oxygen atoms in total. The van der Waals surface area contributed by atoms with Gasteiger partial charge in [0.1, 0.15) is 5.60 Å². The highest BCUT2D eigenvalue weighted by Crippen LogP contribution is 2.33. The monoisotopic (exact) mass is 365 g/mol. The predicted octanol–water partition coefficient (Wildman–Crippen LogP) is 2.59. The number of rotatable bonds is 3. The second kappa shape index (κ2) is 7.41. The van der Waals surface area contributed by atoms with Crippen molar-refractivity contribution in [2.75, 3.05) is 26.2 Å². The number of nitrogens with one attached hydrogen (secondary N) is 1. The van der Waals surface area contributed by atoms with Crippen LogP contribution in [-0.2, 0) is 5.60 Å². The Morgan fingerprint density at radius 1 is 1.22 bits per heavy atom. The molecule has 0 aliphatic carbocycles. The largest absolute Gasteiger partial charge is 0.383 e. The van der Waals surface area contributed by atoms with Crippen LogP contribution in [0.5, 0.6) is 0 Å². The van der Waals surface area contributed by atoms with Gasteiger partial charge < -0.3 is 15.3 Å². The van der Waals surface area contributed by atoms with Gasteiger partial charge in [0.2, 0.25) is 0 Å². The maximum Gasteiger partial charge on any atom is 0.254 e. The predicted molar refractivity (Wildman–Crippen MR) is 105 cm³/mol. The SMILES string of the molecule is Cc1ccc(C2(O)CCN(C(=O)c3ccccc3[C@@H]3CCNC3)CC2)nc1. The number of aliphatic hydroxyl groups is 1. The maximum atomic E-state index is 13.2. The van der Waals surface area contributed by atoms with Gasteiger partial charge in [-0.25, -0.2) is 0 Å². The van der Waals surface area contributed by atoms with Gasteiger partial charge in [-0.1, -0.05) is 24.3 Å². The molecule has 1 aromatic heterocycles. The van der Waals surface area contributed by atoms with Crippen molar-refractivity contribution in [2.45, 2.75) is 37.7 Å². The van der Waals surface area contributed by atoms with E-state index in [9.17, 15) is 9.90 Å². The summed E-state index contributed by atoms with van der Waals surface area (Å²) in [5, 5.41) is 14.4. The number of hydrogen-bond acceptors (Lipinski definition) is 4. The third-order valence-electron chi connectivity index (χ3n) is 5.96. The highest BCUT2D eigenvalue weighted by atomic mass is 16.3. The quantitative estimate of drug-likeness (QED) is 0.877. The van der Waals surface area contributed by atoms with E-state index in [2.05, 4.69) is 16.4 Å². The molecule has 2 aromatic rings. The van der Waals surface area contributed by atoms with Crippen molar-refractivity contribution >= 4 is 5.91 Å². The number of pyridine rings is 1. The minimum atomic E-state index is -0.945. The molecule has 0 saturated carbocycles. The summed E-state index contributed by atoms with van der Waals surface area (Å²) in [5.41, 5.74) is 2.79. The number of amides is 1. The highest BCUT2D eigenvalue weighted by molar-refractivity contribution is 5.96. The van der Waals surface area contributed by atoms with Gasteiger partial charge in [-0.3, -0.25) is 9.78 Å². The van der Waals surface area contributed by atoms with Crippen LogP contribution in [0.4, 0.5) is 0 Å². The zero-order valence-corrected chi connectivity index (χ0v) is 15.8. The smallest absolute Gasteiger partial charge is 0.254 e. The third kappa shape index (κ3) is 3.62. The van der Waals surface area contributed by atoms with E-state index in [1.54, 1.807) is 6.20 Å². The van der Waals surface area contributed by atoms with Crippen molar-refractivity contribution < 1.29 is 9.90 Å². The van der Waals surface area contributed by atoms with E-state index in [0.29, 0.717) is 37.5 Å². The third-order valence-corrected chi connectivity index (χ3v) is 5.96. The second-order valence-electron chi connectivity index (χ2n) is 7.82. The molecule has 2 N–H and O–H groups in total. The van der Waals surface area contributed by atoms with Gasteiger partial charge in [-0.15, -0.1) is 0 Å². The number of likely N-dealkylation sites (tertiary alicyclic amines) is 1. The number of carbonyl (C=O) groups is 1. The van der Waals surface area contributed by atoms with Gasteiger partial charge in [0.05, 0.1) is 5.69 Å². The molecular formula is C22H27N3O2. The second-order valence-corrected chi connectivity index (χ2v) is 7.82. The molecule has 5 heteroatoms. The molecule has 2 aliphatic heterocycles. The molecule has 2 aliphatic rings. The molecule has 142 valence electrons. The van der Waals surface area contributed by atoms with Crippen molar-refractivity contribution in [1.29, 1.82) is 0 Å². The summed E-state index contributed by atoms with van der Waals surface area (Å²) < 4.78 is 0. The first-order chi connectivity index (χ1) is 13.1. The summed E-state index contributed by atoms with van der Waals surface area (Å²) in [6.45, 7) is 5.01. The lowest BCUT2D eigenvalue weighted by atomic mass is 9.86. The Balaban J connectivity index is 1.48. The van der Waals surface area contributed by atoms with Crippen LogP contribution in [0.3, 0.4) is 0 Å². The van der Waals surface area contributed by atoms with E-state index in [1.807, 2.05) is 42.2 Å². The molecule has 2 saturated heterocycles. The van der Waals surface area contributed by atoms with Crippen molar-refractivity contribution in [2.24, 2.45) is 0 Å². The van der Waals surface area contributed by atoms with Crippen molar-refractivity contribution in [1.82, 2.24) is 15.2 Å². The van der Waals surface area contributed by atoms with E-state index in [-0.39, 0.29) is 5.91 Å². The molecule has 1 amide bonds. The summed E-state index contributed by atoms with van der Waals surface area (Å²) >= 11 is 0. The van der Waals surface area contributed by atoms with Crippen LogP contribution in [-0.4, -0.2) is 47.1 Å². The van der Waals surface area contributed by atoms with Gasteiger partial charge >= 0.3 is 0 Å². The fourth-order valence-electron chi connectivity index (χ4n) is 4.22. The van der Waals surface area contributed by atoms with E-state index < -0.39 is 5.60 Å². The van der Waals surface area contributed by atoms with E-state index in [0.717, 1.165) is 36.2 Å². The summed E-state index contributed by atoms with van der Waals surface area (Å²) in [5.74, 6) is 0.486. The molecule has 2 fully saturated rings. The molecule has 0 unspecified atom stereocenters. The van der Waals surface area contributed by atoms with Gasteiger partial charge in [0.25, 0.3) is 5.91 Å². The number of hydrogen-bond donors (Lipinski definition) is 2. The Bertz CT molecular complexity index is 805. The Hall–Kier alpha value is -2.24. The Morgan fingerprint density at radius 2 is 2.00 bits per heavy atom. The zero-order chi connectivity index (χ0) is 18.9. The molecule has 3 heterocycles. The van der Waals surface area contributed by atoms with Crippen LogP contribution >= 0.6 is 0 Å². The Morgan fingerprint density at radius 3 is 2.67 bits per heavy atom. The highest BCUT2D eigenvalue weighted by Gasteiger charge is 2.37. The van der Waals surface area contributed by atoms with Crippen molar-refractivity contribution in [3.63, 3.8) is 0 Å². The number of carbonyl (C=O) groups excluding carboxylic acids is 1.